The Balaban J connectivity index is 1.98. The van der Waals surface area contributed by atoms with Crippen molar-refractivity contribution in [1.29, 1.82) is 0 Å². The van der Waals surface area contributed by atoms with E-state index in [1.54, 1.807) is 12.1 Å². The fourth-order valence-electron chi connectivity index (χ4n) is 4.36. The van der Waals surface area contributed by atoms with E-state index in [9.17, 15) is 10.0 Å². The summed E-state index contributed by atoms with van der Waals surface area (Å²) in [5.41, 5.74) is 5.86. The van der Waals surface area contributed by atoms with E-state index >= 15 is 0 Å². The van der Waals surface area contributed by atoms with Crippen LogP contribution in [-0.2, 0) is 0 Å². The molecule has 0 bridgehead atoms. The highest BCUT2D eigenvalue weighted by atomic mass is 16.4. The normalized spacial score (nSPS) is 11.5. The van der Waals surface area contributed by atoms with Crippen molar-refractivity contribution in [3.05, 3.63) is 84.9 Å². The molecule has 1 aromatic heterocycles. The standard InChI is InChI=1S/C24H18BNO2/c1-3-17-18(4-2)20-8-6-10-22-24(20)23-19(17)7-5-9-21(23)26(22)16-13-11-15(12-14-16)25(27)28/h3-14,27-28H,1-2H2. The molecule has 134 valence electrons. The summed E-state index contributed by atoms with van der Waals surface area (Å²) in [7, 11) is -1.47. The second-order valence-corrected chi connectivity index (χ2v) is 6.94. The van der Waals surface area contributed by atoms with Crippen LogP contribution in [0.15, 0.2) is 73.8 Å². The van der Waals surface area contributed by atoms with Gasteiger partial charge in [-0.3, -0.25) is 0 Å². The molecular weight excluding hydrogens is 345 g/mol. The van der Waals surface area contributed by atoms with E-state index < -0.39 is 7.12 Å². The van der Waals surface area contributed by atoms with Gasteiger partial charge in [0, 0.05) is 16.5 Å². The van der Waals surface area contributed by atoms with Gasteiger partial charge in [0.1, 0.15) is 0 Å². The highest BCUT2D eigenvalue weighted by Crippen LogP contribution is 2.42. The summed E-state index contributed by atoms with van der Waals surface area (Å²) in [4.78, 5) is 0. The first-order valence-electron chi connectivity index (χ1n) is 9.18. The van der Waals surface area contributed by atoms with Gasteiger partial charge in [0.15, 0.2) is 0 Å². The molecular formula is C24H18BNO2. The molecule has 2 N–H and O–H groups in total. The van der Waals surface area contributed by atoms with Crippen LogP contribution in [0.1, 0.15) is 11.1 Å². The van der Waals surface area contributed by atoms with Crippen molar-refractivity contribution in [3.63, 3.8) is 0 Å². The van der Waals surface area contributed by atoms with Crippen LogP contribution in [0, 0.1) is 0 Å². The van der Waals surface area contributed by atoms with Crippen LogP contribution in [0.25, 0.3) is 50.4 Å². The molecule has 0 unspecified atom stereocenters. The van der Waals surface area contributed by atoms with Crippen molar-refractivity contribution in [2.75, 3.05) is 0 Å². The minimum Gasteiger partial charge on any atom is -0.423 e. The summed E-state index contributed by atoms with van der Waals surface area (Å²) in [6.07, 6.45) is 3.81. The fourth-order valence-corrected chi connectivity index (χ4v) is 4.36. The molecule has 28 heavy (non-hydrogen) atoms. The maximum absolute atomic E-state index is 9.41. The fraction of sp³-hybridized carbons (Fsp3) is 0. The van der Waals surface area contributed by atoms with Crippen LogP contribution in [-0.4, -0.2) is 21.7 Å². The van der Waals surface area contributed by atoms with Gasteiger partial charge in [-0.1, -0.05) is 61.7 Å². The van der Waals surface area contributed by atoms with E-state index in [0.717, 1.165) is 38.6 Å². The summed E-state index contributed by atoms with van der Waals surface area (Å²) in [5, 5.41) is 23.5. The second-order valence-electron chi connectivity index (χ2n) is 6.94. The lowest BCUT2D eigenvalue weighted by molar-refractivity contribution is 0.426. The smallest absolute Gasteiger partial charge is 0.423 e. The van der Waals surface area contributed by atoms with Crippen LogP contribution in [0.5, 0.6) is 0 Å². The molecule has 0 spiro atoms. The molecule has 0 atom stereocenters. The Morgan fingerprint density at radius 3 is 1.64 bits per heavy atom. The van der Waals surface area contributed by atoms with Crippen molar-refractivity contribution < 1.29 is 10.0 Å². The lowest BCUT2D eigenvalue weighted by atomic mass is 9.80. The van der Waals surface area contributed by atoms with E-state index in [-0.39, 0.29) is 0 Å². The molecule has 5 rings (SSSR count). The molecule has 0 aliphatic heterocycles. The summed E-state index contributed by atoms with van der Waals surface area (Å²) in [5.74, 6) is 0. The average molecular weight is 363 g/mol. The number of hydrogen-bond acceptors (Lipinski definition) is 2. The van der Waals surface area contributed by atoms with Crippen LogP contribution in [0.3, 0.4) is 0 Å². The molecule has 1 heterocycles. The van der Waals surface area contributed by atoms with E-state index in [1.807, 2.05) is 24.3 Å². The third-order valence-corrected chi connectivity index (χ3v) is 5.54. The van der Waals surface area contributed by atoms with Crippen LogP contribution >= 0.6 is 0 Å². The van der Waals surface area contributed by atoms with Gasteiger partial charge in [-0.25, -0.2) is 0 Å². The lowest BCUT2D eigenvalue weighted by Gasteiger charge is -2.11. The van der Waals surface area contributed by atoms with Gasteiger partial charge in [0.2, 0.25) is 0 Å². The largest absolute Gasteiger partial charge is 0.488 e. The minimum atomic E-state index is -1.47. The first kappa shape index (κ1) is 16.8. The van der Waals surface area contributed by atoms with Crippen molar-refractivity contribution in [1.82, 2.24) is 4.57 Å². The van der Waals surface area contributed by atoms with Crippen molar-refractivity contribution in [3.8, 4) is 5.69 Å². The van der Waals surface area contributed by atoms with Crippen molar-refractivity contribution >= 4 is 57.3 Å². The highest BCUT2D eigenvalue weighted by molar-refractivity contribution is 6.58. The van der Waals surface area contributed by atoms with E-state index in [2.05, 4.69) is 54.1 Å². The zero-order valence-electron chi connectivity index (χ0n) is 15.3. The molecule has 4 aromatic carbocycles. The number of hydrogen-bond donors (Lipinski definition) is 2. The topological polar surface area (TPSA) is 45.4 Å². The first-order valence-corrected chi connectivity index (χ1v) is 9.18. The Bertz CT molecular complexity index is 1280. The van der Waals surface area contributed by atoms with Gasteiger partial charge < -0.3 is 14.6 Å². The molecule has 3 nitrogen and oxygen atoms in total. The number of nitrogens with zero attached hydrogens (tertiary/aromatic N) is 1. The Kier molecular flexibility index (Phi) is 3.66. The third kappa shape index (κ3) is 2.13. The average Bonchev–Trinajstić information content (AvgIpc) is 3.07. The summed E-state index contributed by atoms with van der Waals surface area (Å²) in [6, 6.07) is 20.0. The van der Waals surface area contributed by atoms with Crippen LogP contribution in [0.4, 0.5) is 0 Å². The second kappa shape index (κ2) is 6.09. The SMILES string of the molecule is C=Cc1c(C=C)c2cccc3c2c2c1cccc2n3-c1ccc(B(O)O)cc1. The summed E-state index contributed by atoms with van der Waals surface area (Å²) >= 11 is 0. The van der Waals surface area contributed by atoms with Crippen LogP contribution in [0.2, 0.25) is 0 Å². The molecule has 0 saturated carbocycles. The quantitative estimate of drug-likeness (QED) is 0.369. The van der Waals surface area contributed by atoms with E-state index in [4.69, 9.17) is 0 Å². The Labute approximate surface area is 162 Å². The van der Waals surface area contributed by atoms with Gasteiger partial charge in [-0.2, -0.15) is 0 Å². The maximum Gasteiger partial charge on any atom is 0.488 e. The predicted octanol–water partition coefficient (Wildman–Crippen LogP) is 4.34. The molecule has 5 aromatic rings. The Hall–Kier alpha value is -3.34. The molecule has 0 saturated heterocycles. The highest BCUT2D eigenvalue weighted by Gasteiger charge is 2.20. The van der Waals surface area contributed by atoms with E-state index in [0.29, 0.717) is 5.46 Å². The summed E-state index contributed by atoms with van der Waals surface area (Å²) < 4.78 is 2.22. The minimum absolute atomic E-state index is 0.472. The maximum atomic E-state index is 9.41. The van der Waals surface area contributed by atoms with E-state index in [1.165, 1.54) is 10.8 Å². The summed E-state index contributed by atoms with van der Waals surface area (Å²) in [6.45, 7) is 8.08. The number of benzene rings is 4. The van der Waals surface area contributed by atoms with Gasteiger partial charge in [-0.15, -0.1) is 0 Å². The molecule has 4 heteroatoms. The molecule has 0 radical (unpaired) electrons. The van der Waals surface area contributed by atoms with Gasteiger partial charge in [-0.05, 0) is 51.6 Å². The van der Waals surface area contributed by atoms with Crippen LogP contribution < -0.4 is 5.46 Å². The van der Waals surface area contributed by atoms with Gasteiger partial charge in [0.25, 0.3) is 0 Å². The zero-order valence-corrected chi connectivity index (χ0v) is 15.3. The van der Waals surface area contributed by atoms with Gasteiger partial charge >= 0.3 is 7.12 Å². The molecule has 0 aliphatic rings. The monoisotopic (exact) mass is 363 g/mol. The third-order valence-electron chi connectivity index (χ3n) is 5.54. The lowest BCUT2D eigenvalue weighted by Crippen LogP contribution is -2.29. The Morgan fingerprint density at radius 1 is 0.714 bits per heavy atom. The molecule has 0 fully saturated rings. The number of aromatic nitrogens is 1. The Morgan fingerprint density at radius 2 is 1.21 bits per heavy atom. The zero-order chi connectivity index (χ0) is 19.4. The molecule has 0 aliphatic carbocycles. The molecule has 0 amide bonds. The number of rotatable bonds is 4. The van der Waals surface area contributed by atoms with Crippen molar-refractivity contribution in [2.24, 2.45) is 0 Å². The first-order chi connectivity index (χ1) is 13.7. The predicted molar refractivity (Wildman–Crippen MR) is 119 cm³/mol. The van der Waals surface area contributed by atoms with Gasteiger partial charge in [0.05, 0.1) is 11.0 Å². The van der Waals surface area contributed by atoms with Crippen molar-refractivity contribution in [2.45, 2.75) is 0 Å².